The van der Waals surface area contributed by atoms with Crippen LogP contribution in [0.25, 0.3) is 11.1 Å². The Kier molecular flexibility index (Phi) is 6.00. The molecule has 0 N–H and O–H groups in total. The average molecular weight is 440 g/mol. The third-order valence-electron chi connectivity index (χ3n) is 5.55. The number of benzene rings is 1. The lowest BCUT2D eigenvalue weighted by Gasteiger charge is -2.33. The van der Waals surface area contributed by atoms with Gasteiger partial charge in [0.15, 0.2) is 0 Å². The fourth-order valence-corrected chi connectivity index (χ4v) is 4.91. The number of rotatable bonds is 4. The zero-order chi connectivity index (χ0) is 22.1. The molecule has 3 heterocycles. The van der Waals surface area contributed by atoms with Gasteiger partial charge in [-0.1, -0.05) is 12.1 Å². The molecule has 1 amide bonds. The molecule has 0 aliphatic carbocycles. The summed E-state index contributed by atoms with van der Waals surface area (Å²) in [7, 11) is 3.81. The highest BCUT2D eigenvalue weighted by Gasteiger charge is 2.30. The molecule has 1 saturated heterocycles. The molecule has 1 aromatic carbocycles. The molecule has 0 spiro atoms. The Morgan fingerprint density at radius 2 is 1.94 bits per heavy atom. The van der Waals surface area contributed by atoms with Crippen molar-refractivity contribution in [2.75, 3.05) is 32.1 Å². The van der Waals surface area contributed by atoms with Crippen LogP contribution >= 0.6 is 11.3 Å². The molecule has 1 fully saturated rings. The molecule has 1 atom stereocenters. The van der Waals surface area contributed by atoms with Crippen molar-refractivity contribution in [3.63, 3.8) is 0 Å². The van der Waals surface area contributed by atoms with Crippen LogP contribution in [0.3, 0.4) is 0 Å². The van der Waals surface area contributed by atoms with Crippen molar-refractivity contribution in [1.29, 1.82) is 0 Å². The fraction of sp³-hybridized carbons (Fsp3) is 0.391. The minimum atomic E-state index is -0.277. The second kappa shape index (κ2) is 8.70. The van der Waals surface area contributed by atoms with Crippen molar-refractivity contribution in [3.8, 4) is 11.1 Å². The summed E-state index contributed by atoms with van der Waals surface area (Å²) < 4.78 is 13.5. The molecule has 8 heteroatoms. The van der Waals surface area contributed by atoms with Gasteiger partial charge in [-0.25, -0.2) is 19.3 Å². The zero-order valence-electron chi connectivity index (χ0n) is 18.2. The summed E-state index contributed by atoms with van der Waals surface area (Å²) in [6, 6.07) is 6.40. The van der Waals surface area contributed by atoms with Gasteiger partial charge in [0, 0.05) is 44.9 Å². The highest BCUT2D eigenvalue weighted by Crippen LogP contribution is 2.35. The molecule has 0 radical (unpaired) electrons. The van der Waals surface area contributed by atoms with E-state index in [0.717, 1.165) is 46.9 Å². The summed E-state index contributed by atoms with van der Waals surface area (Å²) in [6.07, 6.45) is 3.64. The number of nitrogens with zero attached hydrogens (tertiary/aromatic N) is 5. The minimum absolute atomic E-state index is 0.0398. The Labute approximate surface area is 185 Å². The number of carbonyl (C=O) groups excluding carboxylic acids is 1. The third kappa shape index (κ3) is 4.44. The summed E-state index contributed by atoms with van der Waals surface area (Å²) in [5.74, 6) is 0.464. The van der Waals surface area contributed by atoms with E-state index in [9.17, 15) is 9.18 Å². The number of amides is 1. The molecule has 2 aromatic heterocycles. The van der Waals surface area contributed by atoms with Gasteiger partial charge < -0.3 is 9.80 Å². The maximum atomic E-state index is 13.5. The van der Waals surface area contributed by atoms with Crippen molar-refractivity contribution in [2.45, 2.75) is 32.6 Å². The summed E-state index contributed by atoms with van der Waals surface area (Å²) in [5.41, 5.74) is 3.45. The van der Waals surface area contributed by atoms with Gasteiger partial charge in [-0.2, -0.15) is 0 Å². The quantitative estimate of drug-likeness (QED) is 0.601. The molecule has 1 unspecified atom stereocenters. The summed E-state index contributed by atoms with van der Waals surface area (Å²) in [6.45, 7) is 5.13. The Balaban J connectivity index is 1.68. The lowest BCUT2D eigenvalue weighted by molar-refractivity contribution is 0.0710. The normalized spacial score (nSPS) is 16.4. The number of thiazole rings is 1. The number of halogens is 1. The average Bonchev–Trinajstić information content (AvgIpc) is 3.11. The van der Waals surface area contributed by atoms with Crippen LogP contribution in [0.1, 0.15) is 44.8 Å². The predicted molar refractivity (Wildman–Crippen MR) is 121 cm³/mol. The molecular formula is C23H26FN5OS. The zero-order valence-corrected chi connectivity index (χ0v) is 19.0. The minimum Gasteiger partial charge on any atom is -0.347 e. The Hall–Kier alpha value is -2.87. The standard InChI is InChI=1S/C23H26FN5OS/c1-14-21(31-15(2)26-14)22(30)29-11-5-6-17(13-29)20-19(12-25-23(27-20)28(3)4)16-7-9-18(24)10-8-16/h7-10,12,17H,5-6,11,13H2,1-4H3. The third-order valence-corrected chi connectivity index (χ3v) is 6.61. The Morgan fingerprint density at radius 3 is 2.58 bits per heavy atom. The van der Waals surface area contributed by atoms with E-state index in [0.29, 0.717) is 17.4 Å². The number of likely N-dealkylation sites (tertiary alicyclic amines) is 1. The Morgan fingerprint density at radius 1 is 1.19 bits per heavy atom. The van der Waals surface area contributed by atoms with Crippen LogP contribution in [0, 0.1) is 19.7 Å². The molecule has 0 saturated carbocycles. The van der Waals surface area contributed by atoms with E-state index in [1.165, 1.54) is 23.5 Å². The summed E-state index contributed by atoms with van der Waals surface area (Å²) >= 11 is 1.45. The predicted octanol–water partition coefficient (Wildman–Crippen LogP) is 4.44. The topological polar surface area (TPSA) is 62.2 Å². The van der Waals surface area contributed by atoms with Crippen molar-refractivity contribution in [2.24, 2.45) is 0 Å². The van der Waals surface area contributed by atoms with Crippen molar-refractivity contribution in [3.05, 3.63) is 57.6 Å². The molecule has 162 valence electrons. The van der Waals surface area contributed by atoms with Gasteiger partial charge in [0.25, 0.3) is 5.91 Å². The van der Waals surface area contributed by atoms with E-state index in [1.54, 1.807) is 12.1 Å². The van der Waals surface area contributed by atoms with Crippen molar-refractivity contribution in [1.82, 2.24) is 19.9 Å². The van der Waals surface area contributed by atoms with Crippen LogP contribution < -0.4 is 4.90 Å². The molecule has 1 aliphatic rings. The summed E-state index contributed by atoms with van der Waals surface area (Å²) in [5, 5.41) is 0.902. The monoisotopic (exact) mass is 439 g/mol. The van der Waals surface area contributed by atoms with Crippen LogP contribution in [-0.4, -0.2) is 52.9 Å². The van der Waals surface area contributed by atoms with Crippen molar-refractivity contribution >= 4 is 23.2 Å². The number of hydrogen-bond acceptors (Lipinski definition) is 6. The van der Waals surface area contributed by atoms with E-state index in [2.05, 4.69) is 9.97 Å². The fourth-order valence-electron chi connectivity index (χ4n) is 4.02. The highest BCUT2D eigenvalue weighted by molar-refractivity contribution is 7.13. The van der Waals surface area contributed by atoms with Crippen LogP contribution in [0.2, 0.25) is 0 Å². The van der Waals surface area contributed by atoms with Gasteiger partial charge in [-0.15, -0.1) is 11.3 Å². The Bertz CT molecular complexity index is 1100. The number of hydrogen-bond donors (Lipinski definition) is 0. The number of piperidine rings is 1. The van der Waals surface area contributed by atoms with Crippen LogP contribution in [-0.2, 0) is 0 Å². The van der Waals surface area contributed by atoms with Crippen LogP contribution in [0.5, 0.6) is 0 Å². The van der Waals surface area contributed by atoms with Crippen molar-refractivity contribution < 1.29 is 9.18 Å². The lowest BCUT2D eigenvalue weighted by Crippen LogP contribution is -2.39. The maximum Gasteiger partial charge on any atom is 0.265 e. The van der Waals surface area contributed by atoms with E-state index in [-0.39, 0.29) is 17.6 Å². The number of aromatic nitrogens is 3. The maximum absolute atomic E-state index is 13.5. The molecule has 3 aromatic rings. The molecule has 4 rings (SSSR count). The second-order valence-electron chi connectivity index (χ2n) is 8.11. The highest BCUT2D eigenvalue weighted by atomic mass is 32.1. The first kappa shape index (κ1) is 21.4. The molecular weight excluding hydrogens is 413 g/mol. The molecule has 0 bridgehead atoms. The summed E-state index contributed by atoms with van der Waals surface area (Å²) in [4.78, 5) is 31.4. The SMILES string of the molecule is Cc1nc(C)c(C(=O)N2CCCC(c3nc(N(C)C)ncc3-c3ccc(F)cc3)C2)s1. The van der Waals surface area contributed by atoms with E-state index >= 15 is 0 Å². The number of aryl methyl sites for hydroxylation is 2. The van der Waals surface area contributed by atoms with E-state index < -0.39 is 0 Å². The largest absolute Gasteiger partial charge is 0.347 e. The second-order valence-corrected chi connectivity index (χ2v) is 9.31. The van der Waals surface area contributed by atoms with Gasteiger partial charge in [0.1, 0.15) is 10.7 Å². The lowest BCUT2D eigenvalue weighted by atomic mass is 9.90. The first-order valence-electron chi connectivity index (χ1n) is 10.4. The molecule has 6 nitrogen and oxygen atoms in total. The van der Waals surface area contributed by atoms with Gasteiger partial charge in [-0.05, 0) is 44.4 Å². The van der Waals surface area contributed by atoms with Gasteiger partial charge in [-0.3, -0.25) is 4.79 Å². The first-order valence-corrected chi connectivity index (χ1v) is 11.2. The smallest absolute Gasteiger partial charge is 0.265 e. The van der Waals surface area contributed by atoms with Gasteiger partial charge in [0.05, 0.1) is 16.4 Å². The van der Waals surface area contributed by atoms with Crippen LogP contribution in [0.4, 0.5) is 10.3 Å². The molecule has 1 aliphatic heterocycles. The van der Waals surface area contributed by atoms with E-state index in [1.807, 2.05) is 43.9 Å². The molecule has 31 heavy (non-hydrogen) atoms. The number of anilines is 1. The van der Waals surface area contributed by atoms with Gasteiger partial charge in [0.2, 0.25) is 5.95 Å². The first-order chi connectivity index (χ1) is 14.8. The van der Waals surface area contributed by atoms with E-state index in [4.69, 9.17) is 4.98 Å². The van der Waals surface area contributed by atoms with Gasteiger partial charge >= 0.3 is 0 Å². The number of carbonyl (C=O) groups is 1. The van der Waals surface area contributed by atoms with Crippen LogP contribution in [0.15, 0.2) is 30.5 Å².